The van der Waals surface area contributed by atoms with Crippen molar-refractivity contribution < 1.29 is 19.4 Å². The van der Waals surface area contributed by atoms with Gasteiger partial charge in [0.2, 0.25) is 0 Å². The number of urea groups is 1. The van der Waals surface area contributed by atoms with Crippen molar-refractivity contribution in [1.82, 2.24) is 10.2 Å². The van der Waals surface area contributed by atoms with Crippen LogP contribution in [0.5, 0.6) is 0 Å². The van der Waals surface area contributed by atoms with Crippen molar-refractivity contribution in [2.45, 2.75) is 32.4 Å². The molecule has 1 rings (SSSR count). The average molecular weight is 270 g/mol. The fourth-order valence-corrected chi connectivity index (χ4v) is 1.78. The number of carbonyl (C=O) groups excluding carboxylic acids is 1. The predicted molar refractivity (Wildman–Crippen MR) is 70.9 cm³/mol. The molecule has 0 aromatic heterocycles. The molecule has 1 aliphatic rings. The fourth-order valence-electron chi connectivity index (χ4n) is 1.78. The molecule has 19 heavy (non-hydrogen) atoms. The van der Waals surface area contributed by atoms with Crippen molar-refractivity contribution in [3.63, 3.8) is 0 Å². The lowest BCUT2D eigenvalue weighted by atomic mass is 10.1. The number of amides is 2. The lowest BCUT2D eigenvalue weighted by molar-refractivity contribution is -0.140. The summed E-state index contributed by atoms with van der Waals surface area (Å²) in [5.74, 6) is -1.36. The molecule has 0 radical (unpaired) electrons. The Labute approximate surface area is 113 Å². The summed E-state index contributed by atoms with van der Waals surface area (Å²) < 4.78 is 5.37. The van der Waals surface area contributed by atoms with Crippen LogP contribution in [0.2, 0.25) is 0 Å². The molecule has 0 saturated heterocycles. The van der Waals surface area contributed by atoms with E-state index in [2.05, 4.69) is 5.32 Å². The maximum absolute atomic E-state index is 11.8. The highest BCUT2D eigenvalue weighted by Crippen LogP contribution is 2.17. The van der Waals surface area contributed by atoms with E-state index in [1.54, 1.807) is 19.2 Å². The van der Waals surface area contributed by atoms with Crippen molar-refractivity contribution in [3.8, 4) is 0 Å². The van der Waals surface area contributed by atoms with Crippen LogP contribution in [0.15, 0.2) is 12.2 Å². The zero-order valence-corrected chi connectivity index (χ0v) is 11.6. The zero-order valence-electron chi connectivity index (χ0n) is 11.6. The second-order valence-electron chi connectivity index (χ2n) is 4.96. The summed E-state index contributed by atoms with van der Waals surface area (Å²) >= 11 is 0. The molecular weight excluding hydrogens is 248 g/mol. The highest BCUT2D eigenvalue weighted by Gasteiger charge is 2.25. The number of carbonyl (C=O) groups is 2. The first-order valence-corrected chi connectivity index (χ1v) is 6.44. The van der Waals surface area contributed by atoms with Gasteiger partial charge in [0.1, 0.15) is 0 Å². The number of nitrogens with one attached hydrogen (secondary N) is 1. The van der Waals surface area contributed by atoms with Gasteiger partial charge in [0.15, 0.2) is 0 Å². The van der Waals surface area contributed by atoms with E-state index in [9.17, 15) is 9.59 Å². The quantitative estimate of drug-likeness (QED) is 0.708. The van der Waals surface area contributed by atoms with Crippen LogP contribution >= 0.6 is 0 Å². The number of hydrogen-bond acceptors (Lipinski definition) is 3. The van der Waals surface area contributed by atoms with Gasteiger partial charge in [-0.15, -0.1) is 0 Å². The van der Waals surface area contributed by atoms with Crippen LogP contribution in [0.25, 0.3) is 0 Å². The van der Waals surface area contributed by atoms with Crippen molar-refractivity contribution >= 4 is 12.0 Å². The smallest absolute Gasteiger partial charge is 0.317 e. The first kappa shape index (κ1) is 15.5. The lowest BCUT2D eigenvalue weighted by Crippen LogP contribution is -2.43. The molecule has 0 fully saturated rings. The minimum atomic E-state index is -0.855. The van der Waals surface area contributed by atoms with Crippen LogP contribution in [-0.2, 0) is 9.53 Å². The second kappa shape index (κ2) is 7.13. The Morgan fingerprint density at radius 2 is 2.16 bits per heavy atom. The predicted octanol–water partition coefficient (Wildman–Crippen LogP) is 1.08. The molecule has 0 aliphatic heterocycles. The van der Waals surface area contributed by atoms with E-state index in [0.29, 0.717) is 19.6 Å². The molecule has 2 unspecified atom stereocenters. The van der Waals surface area contributed by atoms with Gasteiger partial charge < -0.3 is 20.1 Å². The largest absolute Gasteiger partial charge is 0.481 e. The number of nitrogens with zero attached hydrogens (tertiary/aromatic N) is 1. The Kier molecular flexibility index (Phi) is 5.82. The number of hydrogen-bond donors (Lipinski definition) is 2. The molecule has 108 valence electrons. The van der Waals surface area contributed by atoms with E-state index in [1.165, 1.54) is 4.90 Å². The average Bonchev–Trinajstić information content (AvgIpc) is 2.76. The number of ether oxygens (including phenoxy) is 1. The van der Waals surface area contributed by atoms with Gasteiger partial charge in [-0.25, -0.2) is 4.79 Å². The Morgan fingerprint density at radius 1 is 1.47 bits per heavy atom. The van der Waals surface area contributed by atoms with Gasteiger partial charge >= 0.3 is 12.0 Å². The van der Waals surface area contributed by atoms with Crippen LogP contribution in [-0.4, -0.2) is 54.4 Å². The fraction of sp³-hybridized carbons (Fsp3) is 0.692. The van der Waals surface area contributed by atoms with Gasteiger partial charge in [0.05, 0.1) is 24.7 Å². The molecule has 6 heteroatoms. The summed E-state index contributed by atoms with van der Waals surface area (Å²) in [6.07, 6.45) is 3.91. The van der Waals surface area contributed by atoms with Crippen LogP contribution < -0.4 is 5.32 Å². The number of carboxylic acid groups (broad SMARTS) is 1. The van der Waals surface area contributed by atoms with Crippen LogP contribution in [0, 0.1) is 5.92 Å². The van der Waals surface area contributed by atoms with E-state index in [-0.39, 0.29) is 18.2 Å². The Morgan fingerprint density at radius 3 is 2.68 bits per heavy atom. The van der Waals surface area contributed by atoms with Crippen molar-refractivity contribution in [2.24, 2.45) is 5.92 Å². The first-order valence-electron chi connectivity index (χ1n) is 6.44. The van der Waals surface area contributed by atoms with E-state index in [4.69, 9.17) is 9.84 Å². The Bertz CT molecular complexity index is 355. The van der Waals surface area contributed by atoms with Crippen molar-refractivity contribution in [2.75, 3.05) is 20.2 Å². The highest BCUT2D eigenvalue weighted by molar-refractivity contribution is 5.76. The van der Waals surface area contributed by atoms with Gasteiger partial charge in [-0.05, 0) is 20.3 Å². The molecule has 6 nitrogen and oxygen atoms in total. The van der Waals surface area contributed by atoms with Crippen molar-refractivity contribution in [3.05, 3.63) is 12.2 Å². The summed E-state index contributed by atoms with van der Waals surface area (Å²) in [4.78, 5) is 24.1. The van der Waals surface area contributed by atoms with Crippen molar-refractivity contribution in [1.29, 1.82) is 0 Å². The van der Waals surface area contributed by atoms with Gasteiger partial charge in [0.25, 0.3) is 0 Å². The third-order valence-corrected chi connectivity index (χ3v) is 2.93. The van der Waals surface area contributed by atoms with Crippen LogP contribution in [0.4, 0.5) is 4.79 Å². The lowest BCUT2D eigenvalue weighted by Gasteiger charge is -2.21. The maximum atomic E-state index is 11.8. The summed E-state index contributed by atoms with van der Waals surface area (Å²) in [6.45, 7) is 4.87. The number of carboxylic acids is 1. The SMILES string of the molecule is CC(C)OCCN(C)C(=O)NC1C=CC(C(=O)O)C1. The standard InChI is InChI=1S/C13H22N2O4/c1-9(2)19-7-6-15(3)13(18)14-11-5-4-10(8-11)12(16)17/h4-5,9-11H,6-8H2,1-3H3,(H,14,18)(H,16,17). The zero-order chi connectivity index (χ0) is 14.4. The number of aliphatic carboxylic acids is 1. The Hall–Kier alpha value is -1.56. The molecular formula is C13H22N2O4. The van der Waals surface area contributed by atoms with Crippen LogP contribution in [0.3, 0.4) is 0 Å². The third-order valence-electron chi connectivity index (χ3n) is 2.93. The molecule has 2 atom stereocenters. The Balaban J connectivity index is 2.27. The van der Waals surface area contributed by atoms with E-state index in [0.717, 1.165) is 0 Å². The summed E-state index contributed by atoms with van der Waals surface area (Å²) in [7, 11) is 1.69. The molecule has 2 N–H and O–H groups in total. The molecule has 0 aromatic carbocycles. The molecule has 0 heterocycles. The van der Waals surface area contributed by atoms with Gasteiger partial charge in [-0.2, -0.15) is 0 Å². The van der Waals surface area contributed by atoms with E-state index < -0.39 is 11.9 Å². The molecule has 0 bridgehead atoms. The number of rotatable bonds is 6. The topological polar surface area (TPSA) is 78.9 Å². The van der Waals surface area contributed by atoms with Gasteiger partial charge in [0, 0.05) is 13.6 Å². The van der Waals surface area contributed by atoms with E-state index >= 15 is 0 Å². The van der Waals surface area contributed by atoms with Gasteiger partial charge in [-0.1, -0.05) is 12.2 Å². The van der Waals surface area contributed by atoms with Crippen LogP contribution in [0.1, 0.15) is 20.3 Å². The molecule has 0 spiro atoms. The first-order chi connectivity index (χ1) is 8.90. The molecule has 0 aromatic rings. The summed E-state index contributed by atoms with van der Waals surface area (Å²) in [5, 5.41) is 11.6. The second-order valence-corrected chi connectivity index (χ2v) is 4.96. The minimum Gasteiger partial charge on any atom is -0.481 e. The summed E-state index contributed by atoms with van der Waals surface area (Å²) in [6, 6.07) is -0.421. The number of likely N-dealkylation sites (N-methyl/N-ethyl adjacent to an activating group) is 1. The third kappa shape index (κ3) is 5.30. The normalized spacial score (nSPS) is 21.7. The highest BCUT2D eigenvalue weighted by atomic mass is 16.5. The molecule has 1 aliphatic carbocycles. The maximum Gasteiger partial charge on any atom is 0.317 e. The monoisotopic (exact) mass is 270 g/mol. The minimum absolute atomic E-state index is 0.144. The summed E-state index contributed by atoms with van der Waals surface area (Å²) in [5.41, 5.74) is 0. The molecule has 0 saturated carbocycles. The van der Waals surface area contributed by atoms with Gasteiger partial charge in [-0.3, -0.25) is 4.79 Å². The van der Waals surface area contributed by atoms with E-state index in [1.807, 2.05) is 13.8 Å². The molecule has 2 amide bonds.